The van der Waals surface area contributed by atoms with Gasteiger partial charge in [0.15, 0.2) is 0 Å². The van der Waals surface area contributed by atoms with E-state index in [1.54, 1.807) is 4.90 Å². The van der Waals surface area contributed by atoms with Crippen LogP contribution in [0.3, 0.4) is 0 Å². The minimum absolute atomic E-state index is 0.122. The molecule has 156 valence electrons. The van der Waals surface area contributed by atoms with Crippen LogP contribution >= 0.6 is 0 Å². The van der Waals surface area contributed by atoms with Gasteiger partial charge in [0.05, 0.1) is 6.54 Å². The van der Waals surface area contributed by atoms with Crippen LogP contribution in [0.5, 0.6) is 0 Å². The third-order valence-electron chi connectivity index (χ3n) is 6.05. The molecule has 2 heterocycles. The van der Waals surface area contributed by atoms with Gasteiger partial charge < -0.3 is 9.88 Å². The van der Waals surface area contributed by atoms with Crippen molar-refractivity contribution in [1.82, 2.24) is 9.88 Å². The topological polar surface area (TPSA) is 54.3 Å². The highest BCUT2D eigenvalue weighted by Gasteiger charge is 2.48. The monoisotopic (exact) mass is 403 g/mol. The molecule has 5 heteroatoms. The maximum atomic E-state index is 13.8. The first-order valence-electron chi connectivity index (χ1n) is 10.6. The van der Waals surface area contributed by atoms with Gasteiger partial charge in [-0.3, -0.25) is 14.5 Å². The number of aromatic nitrogens is 1. The van der Waals surface area contributed by atoms with Crippen molar-refractivity contribution in [3.05, 3.63) is 65.9 Å². The zero-order valence-electron chi connectivity index (χ0n) is 18.1. The van der Waals surface area contributed by atoms with Crippen molar-refractivity contribution in [3.63, 3.8) is 0 Å². The fourth-order valence-electron chi connectivity index (χ4n) is 4.30. The first-order valence-corrected chi connectivity index (χ1v) is 10.6. The molecule has 1 atom stereocenters. The van der Waals surface area contributed by atoms with Gasteiger partial charge in [-0.05, 0) is 49.9 Å². The van der Waals surface area contributed by atoms with E-state index in [0.29, 0.717) is 24.7 Å². The fraction of sp³-hybridized carbons (Fsp3) is 0.360. The number of para-hydroxylation sites is 2. The Labute approximate surface area is 177 Å². The first-order chi connectivity index (χ1) is 14.3. The minimum atomic E-state index is -1.03. The molecule has 0 radical (unpaired) electrons. The Kier molecular flexibility index (Phi) is 5.14. The molecule has 3 aromatic rings. The molecule has 4 rings (SSSR count). The molecule has 0 spiro atoms. The molecule has 1 N–H and O–H groups in total. The van der Waals surface area contributed by atoms with Crippen molar-refractivity contribution >= 4 is 28.4 Å². The molecule has 30 heavy (non-hydrogen) atoms. The molecule has 2 aromatic carbocycles. The molecule has 1 aliphatic heterocycles. The zero-order chi connectivity index (χ0) is 21.5. The standard InChI is InChI=1S/C25H29N3O2/c1-17(2)13-14-26-24(30)25(4)16-27-21-12-8-6-10-19(21)15-22(27)23(29)28(25)20-11-7-5-9-18(20)3/h5-12,15,17H,13-14,16H2,1-4H3,(H,26,30)/t25-/m0/s1. The quantitative estimate of drug-likeness (QED) is 0.680. The highest BCUT2D eigenvalue weighted by atomic mass is 16.2. The van der Waals surface area contributed by atoms with Crippen LogP contribution in [0.25, 0.3) is 10.9 Å². The Balaban J connectivity index is 1.83. The Morgan fingerprint density at radius 2 is 1.83 bits per heavy atom. The number of fused-ring (bicyclic) bond motifs is 3. The summed E-state index contributed by atoms with van der Waals surface area (Å²) in [4.78, 5) is 29.0. The highest BCUT2D eigenvalue weighted by molar-refractivity contribution is 6.14. The summed E-state index contributed by atoms with van der Waals surface area (Å²) in [7, 11) is 0. The number of hydrogen-bond acceptors (Lipinski definition) is 2. The normalized spacial score (nSPS) is 18.7. The van der Waals surface area contributed by atoms with Crippen molar-refractivity contribution in [2.45, 2.75) is 46.2 Å². The molecule has 0 bridgehead atoms. The third kappa shape index (κ3) is 3.28. The zero-order valence-corrected chi connectivity index (χ0v) is 18.1. The first kappa shape index (κ1) is 20.2. The number of carbonyl (C=O) groups excluding carboxylic acids is 2. The summed E-state index contributed by atoms with van der Waals surface area (Å²) < 4.78 is 1.99. The van der Waals surface area contributed by atoms with Crippen LogP contribution in [0.4, 0.5) is 5.69 Å². The Morgan fingerprint density at radius 3 is 2.57 bits per heavy atom. The average Bonchev–Trinajstić information content (AvgIpc) is 3.08. The van der Waals surface area contributed by atoms with E-state index in [2.05, 4.69) is 19.2 Å². The van der Waals surface area contributed by atoms with E-state index in [9.17, 15) is 9.59 Å². The lowest BCUT2D eigenvalue weighted by molar-refractivity contribution is -0.126. The Hall–Kier alpha value is -3.08. The molecule has 0 saturated carbocycles. The van der Waals surface area contributed by atoms with E-state index in [4.69, 9.17) is 0 Å². The van der Waals surface area contributed by atoms with E-state index >= 15 is 0 Å². The van der Waals surface area contributed by atoms with Crippen LogP contribution in [0, 0.1) is 12.8 Å². The minimum Gasteiger partial charge on any atom is -0.354 e. The number of amides is 2. The summed E-state index contributed by atoms with van der Waals surface area (Å²) in [6, 6.07) is 17.6. The van der Waals surface area contributed by atoms with Crippen LogP contribution in [0.2, 0.25) is 0 Å². The van der Waals surface area contributed by atoms with Crippen LogP contribution < -0.4 is 10.2 Å². The lowest BCUT2D eigenvalue weighted by Crippen LogP contribution is -2.64. The van der Waals surface area contributed by atoms with Gasteiger partial charge in [0.1, 0.15) is 11.2 Å². The summed E-state index contributed by atoms with van der Waals surface area (Å²) in [5.74, 6) is 0.231. The molecule has 0 fully saturated rings. The fourth-order valence-corrected chi connectivity index (χ4v) is 4.30. The number of carbonyl (C=O) groups is 2. The Bertz CT molecular complexity index is 1110. The van der Waals surface area contributed by atoms with Gasteiger partial charge in [-0.15, -0.1) is 0 Å². The summed E-state index contributed by atoms with van der Waals surface area (Å²) in [6.45, 7) is 9.12. The molecule has 0 aliphatic carbocycles. The predicted molar refractivity (Wildman–Crippen MR) is 121 cm³/mol. The maximum absolute atomic E-state index is 13.8. The predicted octanol–water partition coefficient (Wildman–Crippen LogP) is 4.53. The van der Waals surface area contributed by atoms with E-state index in [1.165, 1.54) is 0 Å². The van der Waals surface area contributed by atoms with Gasteiger partial charge in [0, 0.05) is 23.1 Å². The molecular weight excluding hydrogens is 374 g/mol. The summed E-state index contributed by atoms with van der Waals surface area (Å²) in [6.07, 6.45) is 0.901. The van der Waals surface area contributed by atoms with Crippen LogP contribution in [0.15, 0.2) is 54.6 Å². The van der Waals surface area contributed by atoms with Crippen molar-refractivity contribution < 1.29 is 9.59 Å². The van der Waals surface area contributed by atoms with Crippen molar-refractivity contribution in [3.8, 4) is 0 Å². The van der Waals surface area contributed by atoms with E-state index in [-0.39, 0.29) is 11.8 Å². The van der Waals surface area contributed by atoms with Crippen molar-refractivity contribution in [2.24, 2.45) is 5.92 Å². The molecule has 0 saturated heterocycles. The maximum Gasteiger partial charge on any atom is 0.275 e. The molecule has 1 aliphatic rings. The largest absolute Gasteiger partial charge is 0.354 e. The highest BCUT2D eigenvalue weighted by Crippen LogP contribution is 2.37. The third-order valence-corrected chi connectivity index (χ3v) is 6.05. The summed E-state index contributed by atoms with van der Waals surface area (Å²) >= 11 is 0. The smallest absolute Gasteiger partial charge is 0.275 e. The SMILES string of the molecule is Cc1ccccc1N1C(=O)c2cc3ccccc3n2C[C@@]1(C)C(=O)NCCC(C)C. The van der Waals surface area contributed by atoms with Crippen LogP contribution in [0.1, 0.15) is 43.2 Å². The van der Waals surface area contributed by atoms with E-state index in [1.807, 2.05) is 73.0 Å². The van der Waals surface area contributed by atoms with Gasteiger partial charge in [-0.1, -0.05) is 50.2 Å². The number of nitrogens with zero attached hydrogens (tertiary/aromatic N) is 2. The molecule has 1 aromatic heterocycles. The molecule has 2 amide bonds. The Morgan fingerprint density at radius 1 is 1.13 bits per heavy atom. The van der Waals surface area contributed by atoms with Gasteiger partial charge in [-0.25, -0.2) is 0 Å². The van der Waals surface area contributed by atoms with E-state index in [0.717, 1.165) is 28.6 Å². The van der Waals surface area contributed by atoms with Gasteiger partial charge in [0.2, 0.25) is 5.91 Å². The number of hydrogen-bond donors (Lipinski definition) is 1. The summed E-state index contributed by atoms with van der Waals surface area (Å²) in [5.41, 5.74) is 2.31. The lowest BCUT2D eigenvalue weighted by Gasteiger charge is -2.44. The number of nitrogens with one attached hydrogen (secondary N) is 1. The van der Waals surface area contributed by atoms with Crippen molar-refractivity contribution in [2.75, 3.05) is 11.4 Å². The molecule has 5 nitrogen and oxygen atoms in total. The number of benzene rings is 2. The van der Waals surface area contributed by atoms with Crippen LogP contribution in [-0.4, -0.2) is 28.5 Å². The summed E-state index contributed by atoms with van der Waals surface area (Å²) in [5, 5.41) is 4.10. The number of rotatable bonds is 5. The average molecular weight is 404 g/mol. The second-order valence-electron chi connectivity index (χ2n) is 8.81. The van der Waals surface area contributed by atoms with Gasteiger partial charge in [-0.2, -0.15) is 0 Å². The van der Waals surface area contributed by atoms with Crippen LogP contribution in [-0.2, 0) is 11.3 Å². The van der Waals surface area contributed by atoms with E-state index < -0.39 is 5.54 Å². The number of aryl methyl sites for hydroxylation is 1. The van der Waals surface area contributed by atoms with Crippen molar-refractivity contribution in [1.29, 1.82) is 0 Å². The molecule has 0 unspecified atom stereocenters. The van der Waals surface area contributed by atoms with Gasteiger partial charge in [0.25, 0.3) is 5.91 Å². The second kappa shape index (κ2) is 7.63. The van der Waals surface area contributed by atoms with Gasteiger partial charge >= 0.3 is 0 Å². The second-order valence-corrected chi connectivity index (χ2v) is 8.81. The number of anilines is 1. The lowest BCUT2D eigenvalue weighted by atomic mass is 9.92. The molecular formula is C25H29N3O2.